The number of aryl methyl sites for hydroxylation is 2. The molecule has 2 aromatic rings. The van der Waals surface area contributed by atoms with Crippen molar-refractivity contribution in [3.8, 4) is 22.5 Å². The van der Waals surface area contributed by atoms with Crippen LogP contribution in [0.2, 0.25) is 10.0 Å². The number of rotatable bonds is 3. The Morgan fingerprint density at radius 1 is 0.969 bits per heavy atom. The molecule has 0 saturated heterocycles. The first-order valence-electron chi connectivity index (χ1n) is 9.32. The van der Waals surface area contributed by atoms with E-state index < -0.39 is 28.1 Å². The molecule has 0 radical (unpaired) electrons. The zero-order chi connectivity index (χ0) is 23.5. The standard InChI is InChI=1S/C23H16Cl2N2O5/c1-8-3-10-16(6-14(8)26)32-17-7-15(27)9(2)4-11(17)18(10)19-13(24)5-12(22(28)29)21(25)20(19)23(30)31/h3-7,26H,27H2,1-2H3,(H,28,29)(H,30,31). The topological polar surface area (TPSA) is 138 Å². The van der Waals surface area contributed by atoms with Crippen molar-refractivity contribution in [2.24, 2.45) is 0 Å². The van der Waals surface area contributed by atoms with Gasteiger partial charge in [-0.3, -0.25) is 0 Å². The number of nitrogens with two attached hydrogens (primary N) is 1. The Kier molecular flexibility index (Phi) is 5.11. The lowest BCUT2D eigenvalue weighted by Crippen LogP contribution is -2.10. The molecule has 162 valence electrons. The molecule has 1 aliphatic heterocycles. The highest BCUT2D eigenvalue weighted by atomic mass is 35.5. The molecule has 32 heavy (non-hydrogen) atoms. The number of hydrogen-bond acceptors (Lipinski definition) is 5. The van der Waals surface area contributed by atoms with Crippen molar-refractivity contribution in [2.45, 2.75) is 13.8 Å². The number of nitrogen functional groups attached to an aromatic ring is 1. The number of carbonyl (C=O) groups is 2. The summed E-state index contributed by atoms with van der Waals surface area (Å²) in [6.07, 6.45) is 0. The molecule has 0 saturated carbocycles. The zero-order valence-electron chi connectivity index (χ0n) is 16.8. The maximum Gasteiger partial charge on any atom is 0.337 e. The van der Waals surface area contributed by atoms with Crippen molar-refractivity contribution in [1.82, 2.24) is 0 Å². The average molecular weight is 471 g/mol. The van der Waals surface area contributed by atoms with Crippen LogP contribution in [-0.2, 0) is 0 Å². The van der Waals surface area contributed by atoms with E-state index in [-0.39, 0.29) is 15.9 Å². The fourth-order valence-corrected chi connectivity index (χ4v) is 4.32. The fourth-order valence-electron chi connectivity index (χ4n) is 3.71. The lowest BCUT2D eigenvalue weighted by molar-refractivity contribution is 0.0696. The van der Waals surface area contributed by atoms with Crippen LogP contribution in [0.3, 0.4) is 0 Å². The highest BCUT2D eigenvalue weighted by molar-refractivity contribution is 6.41. The quantitative estimate of drug-likeness (QED) is 0.227. The Morgan fingerprint density at radius 2 is 1.66 bits per heavy atom. The largest absolute Gasteiger partial charge is 0.478 e. The minimum atomic E-state index is -1.43. The first kappa shape index (κ1) is 21.7. The molecule has 0 unspecified atom stereocenters. The van der Waals surface area contributed by atoms with Crippen molar-refractivity contribution >= 4 is 51.8 Å². The van der Waals surface area contributed by atoms with Gasteiger partial charge in [-0.1, -0.05) is 23.2 Å². The van der Waals surface area contributed by atoms with Gasteiger partial charge in [0.05, 0.1) is 26.5 Å². The lowest BCUT2D eigenvalue weighted by atomic mass is 9.88. The van der Waals surface area contributed by atoms with Gasteiger partial charge >= 0.3 is 11.9 Å². The molecule has 7 nitrogen and oxygen atoms in total. The second-order valence-electron chi connectivity index (χ2n) is 7.43. The van der Waals surface area contributed by atoms with Gasteiger partial charge in [-0.05, 0) is 43.2 Å². The number of aromatic carboxylic acids is 2. The Morgan fingerprint density at radius 3 is 2.28 bits per heavy atom. The molecule has 0 amide bonds. The van der Waals surface area contributed by atoms with Crippen LogP contribution in [0.5, 0.6) is 0 Å². The number of benzene rings is 3. The van der Waals surface area contributed by atoms with E-state index in [1.54, 1.807) is 32.0 Å². The summed E-state index contributed by atoms with van der Waals surface area (Å²) < 4.78 is 5.99. The van der Waals surface area contributed by atoms with Gasteiger partial charge in [0, 0.05) is 39.9 Å². The average Bonchev–Trinajstić information content (AvgIpc) is 2.70. The molecule has 5 N–H and O–H groups in total. The molecule has 1 aliphatic carbocycles. The van der Waals surface area contributed by atoms with Crippen LogP contribution in [0.25, 0.3) is 33.4 Å². The maximum absolute atomic E-state index is 12.2. The van der Waals surface area contributed by atoms with Gasteiger partial charge in [-0.15, -0.1) is 0 Å². The van der Waals surface area contributed by atoms with E-state index in [4.69, 9.17) is 38.8 Å². The molecule has 9 heteroatoms. The van der Waals surface area contributed by atoms with E-state index in [0.29, 0.717) is 39.1 Å². The number of anilines is 1. The number of fused-ring (bicyclic) bond motifs is 2. The van der Waals surface area contributed by atoms with Crippen LogP contribution in [-0.4, -0.2) is 22.2 Å². The third-order valence-electron chi connectivity index (χ3n) is 5.36. The van der Waals surface area contributed by atoms with Crippen LogP contribution >= 0.6 is 23.2 Å². The van der Waals surface area contributed by atoms with E-state index in [1.165, 1.54) is 6.07 Å². The summed E-state index contributed by atoms with van der Waals surface area (Å²) in [5.74, 6) is -2.52. The van der Waals surface area contributed by atoms with Gasteiger partial charge in [0.2, 0.25) is 0 Å². The van der Waals surface area contributed by atoms with Crippen molar-refractivity contribution in [1.29, 1.82) is 5.41 Å². The highest BCUT2D eigenvalue weighted by Crippen LogP contribution is 2.47. The maximum atomic E-state index is 12.2. The summed E-state index contributed by atoms with van der Waals surface area (Å²) in [6.45, 7) is 3.53. The Balaban J connectivity index is 2.32. The molecule has 0 bridgehead atoms. The Bertz CT molecular complexity index is 1510. The Labute approximate surface area is 191 Å². The molecule has 2 aliphatic rings. The molecule has 0 aromatic heterocycles. The van der Waals surface area contributed by atoms with Crippen LogP contribution in [0.15, 0.2) is 34.7 Å². The van der Waals surface area contributed by atoms with E-state index in [9.17, 15) is 19.8 Å². The van der Waals surface area contributed by atoms with Crippen LogP contribution in [0.1, 0.15) is 31.8 Å². The Hall–Kier alpha value is -3.55. The summed E-state index contributed by atoms with van der Waals surface area (Å²) in [7, 11) is 0. The van der Waals surface area contributed by atoms with Gasteiger partial charge in [0.1, 0.15) is 11.3 Å². The van der Waals surface area contributed by atoms with Crippen LogP contribution in [0.4, 0.5) is 5.69 Å². The number of halogens is 2. The van der Waals surface area contributed by atoms with E-state index >= 15 is 0 Å². The predicted octanol–water partition coefficient (Wildman–Crippen LogP) is 5.59. The van der Waals surface area contributed by atoms with E-state index in [0.717, 1.165) is 11.6 Å². The molecule has 1 heterocycles. The zero-order valence-corrected chi connectivity index (χ0v) is 18.4. The summed E-state index contributed by atoms with van der Waals surface area (Å²) in [6, 6.07) is 7.70. The molecule has 4 rings (SSSR count). The van der Waals surface area contributed by atoms with Gasteiger partial charge < -0.3 is 25.8 Å². The monoisotopic (exact) mass is 470 g/mol. The SMILES string of the molecule is Cc1cc2c(-c3c(Cl)cc(C(=O)O)c(Cl)c3C(=O)O)c3cc(C)c(=N)cc-3oc2cc1N. The minimum absolute atomic E-state index is 0.0567. The highest BCUT2D eigenvalue weighted by Gasteiger charge is 2.29. The van der Waals surface area contributed by atoms with Crippen molar-refractivity contribution in [2.75, 3.05) is 5.73 Å². The molecule has 0 spiro atoms. The molecule has 0 atom stereocenters. The molecular weight excluding hydrogens is 455 g/mol. The van der Waals surface area contributed by atoms with Crippen molar-refractivity contribution in [3.05, 3.63) is 68.0 Å². The second-order valence-corrected chi connectivity index (χ2v) is 8.21. The molecular formula is C23H16Cl2N2O5. The van der Waals surface area contributed by atoms with Crippen LogP contribution in [0, 0.1) is 19.3 Å². The summed E-state index contributed by atoms with van der Waals surface area (Å²) in [5, 5.41) is 27.8. The first-order chi connectivity index (χ1) is 15.0. The van der Waals surface area contributed by atoms with Gasteiger partial charge in [-0.25, -0.2) is 9.59 Å². The summed E-state index contributed by atoms with van der Waals surface area (Å²) in [4.78, 5) is 23.8. The van der Waals surface area contributed by atoms with E-state index in [2.05, 4.69) is 0 Å². The third-order valence-corrected chi connectivity index (χ3v) is 6.05. The van der Waals surface area contributed by atoms with Crippen molar-refractivity contribution < 1.29 is 24.2 Å². The number of nitrogens with one attached hydrogen (secondary N) is 1. The van der Waals surface area contributed by atoms with Gasteiger partial charge in [0.25, 0.3) is 0 Å². The van der Waals surface area contributed by atoms with Gasteiger partial charge in [-0.2, -0.15) is 0 Å². The minimum Gasteiger partial charge on any atom is -0.478 e. The number of carboxylic acid groups (broad SMARTS) is 2. The first-order valence-corrected chi connectivity index (χ1v) is 10.1. The molecule has 0 fully saturated rings. The third kappa shape index (κ3) is 3.26. The summed E-state index contributed by atoms with van der Waals surface area (Å²) >= 11 is 12.7. The second kappa shape index (κ2) is 7.55. The summed E-state index contributed by atoms with van der Waals surface area (Å²) in [5.41, 5.74) is 8.32. The van der Waals surface area contributed by atoms with Crippen LogP contribution < -0.4 is 11.1 Å². The lowest BCUT2D eigenvalue weighted by Gasteiger charge is -2.20. The normalized spacial score (nSPS) is 11.2. The molecule has 2 aromatic carbocycles. The number of hydrogen-bond donors (Lipinski definition) is 4. The predicted molar refractivity (Wildman–Crippen MR) is 122 cm³/mol. The smallest absolute Gasteiger partial charge is 0.337 e. The number of carboxylic acids is 2. The van der Waals surface area contributed by atoms with E-state index in [1.807, 2.05) is 0 Å². The fraction of sp³-hybridized carbons (Fsp3) is 0.0870. The van der Waals surface area contributed by atoms with Crippen molar-refractivity contribution in [3.63, 3.8) is 0 Å². The van der Waals surface area contributed by atoms with Gasteiger partial charge in [0.15, 0.2) is 0 Å².